The van der Waals surface area contributed by atoms with Crippen molar-refractivity contribution in [2.45, 2.75) is 6.42 Å². The third-order valence-corrected chi connectivity index (χ3v) is 2.12. The molecular weight excluding hydrogens is 237 g/mol. The van der Waals surface area contributed by atoms with Crippen molar-refractivity contribution < 1.29 is 4.92 Å². The summed E-state index contributed by atoms with van der Waals surface area (Å²) in [4.78, 5) is 10.0. The van der Waals surface area contributed by atoms with Gasteiger partial charge in [-0.05, 0) is 6.07 Å². The summed E-state index contributed by atoms with van der Waals surface area (Å²) in [5.74, 6) is 5.94. The van der Waals surface area contributed by atoms with E-state index in [0.29, 0.717) is 22.9 Å². The molecule has 0 atom stereocenters. The highest BCUT2D eigenvalue weighted by Gasteiger charge is 2.07. The van der Waals surface area contributed by atoms with Crippen LogP contribution in [0.1, 0.15) is 12.0 Å². The Morgan fingerprint density at radius 2 is 2.20 bits per heavy atom. The number of halogens is 2. The second kappa shape index (κ2) is 5.59. The number of nitro groups is 1. The molecule has 78 valence electrons. The summed E-state index contributed by atoms with van der Waals surface area (Å²) in [7, 11) is 0. The number of rotatable bonds is 2. The molecule has 0 aliphatic heterocycles. The van der Waals surface area contributed by atoms with Gasteiger partial charge in [-0.25, -0.2) is 0 Å². The average Bonchev–Trinajstić information content (AvgIpc) is 2.20. The number of benzene rings is 1. The van der Waals surface area contributed by atoms with E-state index in [0.717, 1.165) is 0 Å². The molecule has 0 saturated carbocycles. The van der Waals surface area contributed by atoms with Gasteiger partial charge in [0.15, 0.2) is 0 Å². The van der Waals surface area contributed by atoms with Crippen molar-refractivity contribution in [1.29, 1.82) is 0 Å². The maximum Gasteiger partial charge on any atom is 0.270 e. The lowest BCUT2D eigenvalue weighted by atomic mass is 10.2. The van der Waals surface area contributed by atoms with Crippen LogP contribution in [-0.4, -0.2) is 10.8 Å². The number of hydrogen-bond donors (Lipinski definition) is 0. The maximum atomic E-state index is 10.5. The van der Waals surface area contributed by atoms with Crippen LogP contribution in [0, 0.1) is 22.0 Å². The minimum absolute atomic E-state index is 0.0189. The number of non-ortho nitro benzene ring substituents is 1. The Kier molecular flexibility index (Phi) is 4.41. The molecule has 0 N–H and O–H groups in total. The first kappa shape index (κ1) is 11.8. The van der Waals surface area contributed by atoms with Crippen LogP contribution < -0.4 is 0 Å². The normalized spacial score (nSPS) is 9.20. The molecule has 0 aromatic heterocycles. The molecule has 0 bridgehead atoms. The van der Waals surface area contributed by atoms with Gasteiger partial charge in [0.25, 0.3) is 5.69 Å². The Bertz CT molecular complexity index is 435. The molecule has 0 aliphatic rings. The molecular formula is C10H7Cl2NO2. The van der Waals surface area contributed by atoms with E-state index in [2.05, 4.69) is 11.8 Å². The predicted octanol–water partition coefficient (Wildman–Crippen LogP) is 3.23. The number of alkyl halides is 1. The standard InChI is InChI=1S/C10H7Cl2NO2/c11-6-2-1-3-8-7-9(13(14)15)4-5-10(8)12/h4-5,7H,2,6H2. The van der Waals surface area contributed by atoms with Gasteiger partial charge in [0.2, 0.25) is 0 Å². The van der Waals surface area contributed by atoms with Gasteiger partial charge in [-0.2, -0.15) is 0 Å². The fourth-order valence-electron chi connectivity index (χ4n) is 0.928. The van der Waals surface area contributed by atoms with E-state index in [1.165, 1.54) is 18.2 Å². The Balaban J connectivity index is 3.02. The topological polar surface area (TPSA) is 43.1 Å². The molecule has 0 unspecified atom stereocenters. The van der Waals surface area contributed by atoms with Crippen LogP contribution >= 0.6 is 23.2 Å². The van der Waals surface area contributed by atoms with Gasteiger partial charge in [0.1, 0.15) is 0 Å². The third-order valence-electron chi connectivity index (χ3n) is 1.60. The minimum Gasteiger partial charge on any atom is -0.258 e. The van der Waals surface area contributed by atoms with E-state index in [-0.39, 0.29) is 5.69 Å². The maximum absolute atomic E-state index is 10.5. The lowest BCUT2D eigenvalue weighted by Gasteiger charge is -1.95. The van der Waals surface area contributed by atoms with Gasteiger partial charge in [-0.1, -0.05) is 23.4 Å². The van der Waals surface area contributed by atoms with Crippen LogP contribution in [0.5, 0.6) is 0 Å². The molecule has 0 amide bonds. The van der Waals surface area contributed by atoms with Gasteiger partial charge in [0, 0.05) is 30.0 Å². The molecule has 0 aliphatic carbocycles. The van der Waals surface area contributed by atoms with Gasteiger partial charge in [0.05, 0.1) is 9.95 Å². The monoisotopic (exact) mass is 243 g/mol. The average molecular weight is 244 g/mol. The zero-order chi connectivity index (χ0) is 11.3. The molecule has 0 fully saturated rings. The van der Waals surface area contributed by atoms with Gasteiger partial charge in [-0.3, -0.25) is 10.1 Å². The summed E-state index contributed by atoms with van der Waals surface area (Å²) in [6, 6.07) is 4.16. The largest absolute Gasteiger partial charge is 0.270 e. The summed E-state index contributed by atoms with van der Waals surface area (Å²) in [6.45, 7) is 0. The Labute approximate surface area is 97.1 Å². The van der Waals surface area contributed by atoms with Crippen LogP contribution in [0.25, 0.3) is 0 Å². The Morgan fingerprint density at radius 1 is 1.47 bits per heavy atom. The highest BCUT2D eigenvalue weighted by atomic mass is 35.5. The molecule has 1 aromatic carbocycles. The van der Waals surface area contributed by atoms with Crippen LogP contribution in [0.15, 0.2) is 18.2 Å². The second-order valence-electron chi connectivity index (χ2n) is 2.66. The van der Waals surface area contributed by atoms with Crippen LogP contribution in [0.4, 0.5) is 5.69 Å². The molecule has 0 saturated heterocycles. The summed E-state index contributed by atoms with van der Waals surface area (Å²) in [6.07, 6.45) is 0.528. The summed E-state index contributed by atoms with van der Waals surface area (Å²) >= 11 is 11.3. The molecule has 5 heteroatoms. The third kappa shape index (κ3) is 3.43. The van der Waals surface area contributed by atoms with Crippen molar-refractivity contribution in [3.63, 3.8) is 0 Å². The highest BCUT2D eigenvalue weighted by Crippen LogP contribution is 2.20. The quantitative estimate of drug-likeness (QED) is 0.347. The number of nitro benzene ring substituents is 1. The molecule has 1 rings (SSSR count). The lowest BCUT2D eigenvalue weighted by Crippen LogP contribution is -1.88. The van der Waals surface area contributed by atoms with Gasteiger partial charge in [-0.15, -0.1) is 11.6 Å². The van der Waals surface area contributed by atoms with E-state index in [1.54, 1.807) is 0 Å². The van der Waals surface area contributed by atoms with Crippen molar-refractivity contribution >= 4 is 28.9 Å². The molecule has 3 nitrogen and oxygen atoms in total. The van der Waals surface area contributed by atoms with Crippen molar-refractivity contribution in [3.8, 4) is 11.8 Å². The van der Waals surface area contributed by atoms with Crippen molar-refractivity contribution in [2.75, 3.05) is 5.88 Å². The van der Waals surface area contributed by atoms with E-state index >= 15 is 0 Å². The van der Waals surface area contributed by atoms with Gasteiger partial charge >= 0.3 is 0 Å². The van der Waals surface area contributed by atoms with Crippen LogP contribution in [0.3, 0.4) is 0 Å². The van der Waals surface area contributed by atoms with Gasteiger partial charge < -0.3 is 0 Å². The van der Waals surface area contributed by atoms with Crippen molar-refractivity contribution in [3.05, 3.63) is 38.9 Å². The fourth-order valence-corrected chi connectivity index (χ4v) is 1.19. The predicted molar refractivity (Wildman–Crippen MR) is 60.3 cm³/mol. The number of nitrogens with zero attached hydrogens (tertiary/aromatic N) is 1. The van der Waals surface area contributed by atoms with Crippen LogP contribution in [0.2, 0.25) is 5.02 Å². The SMILES string of the molecule is O=[N+]([O-])c1ccc(Cl)c(C#CCCCl)c1. The smallest absolute Gasteiger partial charge is 0.258 e. The van der Waals surface area contributed by atoms with E-state index < -0.39 is 4.92 Å². The summed E-state index contributed by atoms with van der Waals surface area (Å²) in [5.41, 5.74) is 0.436. The first-order valence-electron chi connectivity index (χ1n) is 4.14. The zero-order valence-corrected chi connectivity index (χ0v) is 9.18. The molecule has 1 aromatic rings. The van der Waals surface area contributed by atoms with Crippen LogP contribution in [-0.2, 0) is 0 Å². The fraction of sp³-hybridized carbons (Fsp3) is 0.200. The summed E-state index contributed by atoms with van der Waals surface area (Å²) < 4.78 is 0. The first-order chi connectivity index (χ1) is 7.15. The second-order valence-corrected chi connectivity index (χ2v) is 3.45. The highest BCUT2D eigenvalue weighted by molar-refractivity contribution is 6.31. The zero-order valence-electron chi connectivity index (χ0n) is 7.67. The van der Waals surface area contributed by atoms with Crippen molar-refractivity contribution in [2.24, 2.45) is 0 Å². The lowest BCUT2D eigenvalue weighted by molar-refractivity contribution is -0.384. The van der Waals surface area contributed by atoms with Crippen molar-refractivity contribution in [1.82, 2.24) is 0 Å². The Morgan fingerprint density at radius 3 is 2.80 bits per heavy atom. The minimum atomic E-state index is -0.483. The molecule has 0 radical (unpaired) electrons. The molecule has 0 spiro atoms. The number of hydrogen-bond acceptors (Lipinski definition) is 2. The van der Waals surface area contributed by atoms with E-state index in [9.17, 15) is 10.1 Å². The molecule has 15 heavy (non-hydrogen) atoms. The molecule has 0 heterocycles. The van der Waals surface area contributed by atoms with E-state index in [4.69, 9.17) is 23.2 Å². The Hall–Kier alpha value is -1.24. The first-order valence-corrected chi connectivity index (χ1v) is 5.05. The van der Waals surface area contributed by atoms with E-state index in [1.807, 2.05) is 0 Å². The summed E-state index contributed by atoms with van der Waals surface area (Å²) in [5, 5.41) is 10.9.